The van der Waals surface area contributed by atoms with Gasteiger partial charge in [-0.05, 0) is 88.1 Å². The van der Waals surface area contributed by atoms with E-state index in [0.29, 0.717) is 69.2 Å². The summed E-state index contributed by atoms with van der Waals surface area (Å²) in [6.07, 6.45) is 1.75. The van der Waals surface area contributed by atoms with Gasteiger partial charge < -0.3 is 50.2 Å². The van der Waals surface area contributed by atoms with Crippen molar-refractivity contribution in [3.05, 3.63) is 53.6 Å². The van der Waals surface area contributed by atoms with Gasteiger partial charge in [0.2, 0.25) is 29.5 Å². The number of nitrogens with zero attached hydrogens (tertiary/aromatic N) is 3. The molecule has 7 amide bonds. The molecule has 0 saturated carbocycles. The van der Waals surface area contributed by atoms with E-state index in [1.807, 2.05) is 6.92 Å². The zero-order chi connectivity index (χ0) is 43.2. The van der Waals surface area contributed by atoms with Gasteiger partial charge in [-0.15, -0.1) is 0 Å². The van der Waals surface area contributed by atoms with Gasteiger partial charge >= 0.3 is 6.03 Å². The maximum atomic E-state index is 14.8. The third-order valence-electron chi connectivity index (χ3n) is 11.8. The number of ether oxygens (including phenoxy) is 3. The molecule has 18 heteroatoms. The Labute approximate surface area is 348 Å². The van der Waals surface area contributed by atoms with E-state index in [4.69, 9.17) is 14.2 Å². The molecule has 8 atom stereocenters. The smallest absolute Gasteiger partial charge is 0.319 e. The lowest BCUT2D eigenvalue weighted by atomic mass is 9.99. The van der Waals surface area contributed by atoms with Crippen molar-refractivity contribution in [1.29, 1.82) is 0 Å². The Morgan fingerprint density at radius 3 is 2.25 bits per heavy atom. The van der Waals surface area contributed by atoms with Crippen molar-refractivity contribution >= 4 is 41.3 Å². The van der Waals surface area contributed by atoms with Gasteiger partial charge in [-0.2, -0.15) is 0 Å². The molecule has 4 aliphatic rings. The summed E-state index contributed by atoms with van der Waals surface area (Å²) < 4.78 is 45.7. The van der Waals surface area contributed by atoms with Crippen molar-refractivity contribution < 1.29 is 51.8 Å². The van der Waals surface area contributed by atoms with Crippen LogP contribution in [0.4, 0.5) is 19.3 Å². The molecule has 2 aromatic carbocycles. The minimum Gasteiger partial charge on any atom is -0.493 e. The lowest BCUT2D eigenvalue weighted by Crippen LogP contribution is -2.63. The first-order chi connectivity index (χ1) is 28.7. The fourth-order valence-electron chi connectivity index (χ4n) is 8.73. The second-order valence-corrected chi connectivity index (χ2v) is 16.2. The lowest BCUT2D eigenvalue weighted by molar-refractivity contribution is -0.153. The lowest BCUT2D eigenvalue weighted by Gasteiger charge is -2.40. The number of carbonyl (C=O) groups is 6. The summed E-state index contributed by atoms with van der Waals surface area (Å²) in [6.45, 7) is 6.12. The first kappa shape index (κ1) is 44.0. The molecule has 326 valence electrons. The summed E-state index contributed by atoms with van der Waals surface area (Å²) in [5.41, 5.74) is 0.324. The van der Waals surface area contributed by atoms with E-state index in [2.05, 4.69) is 21.3 Å². The van der Waals surface area contributed by atoms with Crippen LogP contribution in [0.25, 0.3) is 0 Å². The molecule has 0 aromatic heterocycles. The van der Waals surface area contributed by atoms with Gasteiger partial charge in [0.1, 0.15) is 41.8 Å². The SMILES string of the molecule is COc1ccc(NC(=O)NC(Cc2cc(F)cc(F)c2)C(=O)NC2C(=O)N3CCCC3C(=O)N3CCCCC3C(=O)NC(C)C(=O)N3CC(C)CC3COC2C)cc1OC. The van der Waals surface area contributed by atoms with Crippen LogP contribution < -0.4 is 30.7 Å². The highest BCUT2D eigenvalue weighted by molar-refractivity contribution is 5.98. The number of hydrogen-bond acceptors (Lipinski definition) is 9. The monoisotopic (exact) mass is 839 g/mol. The predicted molar refractivity (Wildman–Crippen MR) is 214 cm³/mol. The number of urea groups is 1. The number of hydrogen-bond donors (Lipinski definition) is 4. The van der Waals surface area contributed by atoms with E-state index in [1.54, 1.807) is 30.9 Å². The number of fused-ring (bicyclic) bond motifs is 3. The third-order valence-corrected chi connectivity index (χ3v) is 11.8. The summed E-state index contributed by atoms with van der Waals surface area (Å²) in [5, 5.41) is 10.8. The molecule has 0 aliphatic carbocycles. The topological polar surface area (TPSA) is 188 Å². The molecular weight excluding hydrogens is 784 g/mol. The average molecular weight is 840 g/mol. The number of halogens is 2. The van der Waals surface area contributed by atoms with Crippen LogP contribution in [-0.2, 0) is 35.1 Å². The second kappa shape index (κ2) is 19.2. The molecule has 4 fully saturated rings. The molecule has 0 bridgehead atoms. The quantitative estimate of drug-likeness (QED) is 0.310. The number of piperidine rings is 1. The van der Waals surface area contributed by atoms with Crippen molar-refractivity contribution in [2.24, 2.45) is 5.92 Å². The molecule has 4 aliphatic heterocycles. The molecule has 16 nitrogen and oxygen atoms in total. The van der Waals surface area contributed by atoms with Gasteiger partial charge in [-0.1, -0.05) is 6.92 Å². The van der Waals surface area contributed by atoms with Crippen molar-refractivity contribution in [3.63, 3.8) is 0 Å². The first-order valence-corrected chi connectivity index (χ1v) is 20.6. The third kappa shape index (κ3) is 10.1. The molecule has 8 unspecified atom stereocenters. The van der Waals surface area contributed by atoms with E-state index in [0.717, 1.165) is 12.1 Å². The van der Waals surface area contributed by atoms with Crippen LogP contribution in [-0.4, -0.2) is 133 Å². The van der Waals surface area contributed by atoms with Crippen molar-refractivity contribution in [3.8, 4) is 11.5 Å². The van der Waals surface area contributed by atoms with Gasteiger partial charge in [0.15, 0.2) is 11.5 Å². The number of nitrogens with one attached hydrogen (secondary N) is 4. The van der Waals surface area contributed by atoms with Gasteiger partial charge in [0.25, 0.3) is 0 Å². The predicted octanol–water partition coefficient (Wildman–Crippen LogP) is 2.73. The normalized spacial score (nSPS) is 27.0. The highest BCUT2D eigenvalue weighted by Gasteiger charge is 2.46. The second-order valence-electron chi connectivity index (χ2n) is 16.2. The summed E-state index contributed by atoms with van der Waals surface area (Å²) in [7, 11) is 2.88. The Bertz CT molecular complexity index is 1930. The van der Waals surface area contributed by atoms with Crippen LogP contribution in [0.3, 0.4) is 0 Å². The summed E-state index contributed by atoms with van der Waals surface area (Å²) in [4.78, 5) is 89.1. The van der Waals surface area contributed by atoms with Crippen molar-refractivity contribution in [2.75, 3.05) is 45.8 Å². The zero-order valence-corrected chi connectivity index (χ0v) is 34.6. The molecule has 4 saturated heterocycles. The Morgan fingerprint density at radius 2 is 1.53 bits per heavy atom. The standard InChI is InChI=1S/C42H55F2N7O9/c1-23-15-30-22-60-25(3)36(41(56)50-14-8-10-33(50)40(55)49-13-7-6-9-32(49)38(53)45-24(2)39(54)51(30)21-23)48-37(52)31(18-26-16-27(43)19-28(44)17-26)47-42(57)46-29-11-12-34(58-4)35(20-29)59-5/h11-12,16-17,19-20,23-25,30-33,36H,6-10,13-15,18,21-22H2,1-5H3,(H,45,53)(H,48,52)(H2,46,47,57). The van der Waals surface area contributed by atoms with Gasteiger partial charge in [0, 0.05) is 43.9 Å². The highest BCUT2D eigenvalue weighted by atomic mass is 19.1. The molecule has 0 radical (unpaired) electrons. The molecule has 4 N–H and O–H groups in total. The highest BCUT2D eigenvalue weighted by Crippen LogP contribution is 2.31. The number of methoxy groups -OCH3 is 2. The van der Waals surface area contributed by atoms with E-state index in [9.17, 15) is 37.5 Å². The fourth-order valence-corrected chi connectivity index (χ4v) is 8.73. The molecule has 2 aromatic rings. The number of benzene rings is 2. The Kier molecular flexibility index (Phi) is 14.1. The van der Waals surface area contributed by atoms with E-state index in [1.165, 1.54) is 30.1 Å². The van der Waals surface area contributed by atoms with Gasteiger partial charge in [0.05, 0.1) is 33.0 Å². The molecule has 6 rings (SSSR count). The van der Waals surface area contributed by atoms with Crippen LogP contribution in [0, 0.1) is 17.6 Å². The molecule has 0 spiro atoms. The van der Waals surface area contributed by atoms with E-state index in [-0.39, 0.29) is 42.6 Å². The number of rotatable bonds is 8. The summed E-state index contributed by atoms with van der Waals surface area (Å²) in [6, 6.07) is 0.558. The van der Waals surface area contributed by atoms with Gasteiger partial charge in [-0.25, -0.2) is 13.6 Å². The van der Waals surface area contributed by atoms with Crippen molar-refractivity contribution in [1.82, 2.24) is 30.7 Å². The minimum absolute atomic E-state index is 0.00565. The fraction of sp³-hybridized carbons (Fsp3) is 0.571. The van der Waals surface area contributed by atoms with Crippen LogP contribution in [0.5, 0.6) is 11.5 Å². The van der Waals surface area contributed by atoms with Gasteiger partial charge in [-0.3, -0.25) is 24.0 Å². The summed E-state index contributed by atoms with van der Waals surface area (Å²) >= 11 is 0. The maximum Gasteiger partial charge on any atom is 0.319 e. The molecule has 60 heavy (non-hydrogen) atoms. The summed E-state index contributed by atoms with van der Waals surface area (Å²) in [5.74, 6) is -3.58. The Hall–Kier alpha value is -5.52. The molecular formula is C42H55F2N7O9. The maximum absolute atomic E-state index is 14.8. The van der Waals surface area contributed by atoms with Crippen molar-refractivity contribution in [2.45, 2.75) is 108 Å². The largest absolute Gasteiger partial charge is 0.493 e. The number of carbonyl (C=O) groups excluding carboxylic acids is 6. The van der Waals surface area contributed by atoms with Crippen LogP contribution >= 0.6 is 0 Å². The number of amides is 7. The van der Waals surface area contributed by atoms with E-state index < -0.39 is 83.6 Å². The average Bonchev–Trinajstić information content (AvgIpc) is 3.86. The number of anilines is 1. The van der Waals surface area contributed by atoms with Crippen LogP contribution in [0.1, 0.15) is 64.9 Å². The zero-order valence-electron chi connectivity index (χ0n) is 34.6. The van der Waals surface area contributed by atoms with E-state index >= 15 is 0 Å². The minimum atomic E-state index is -1.49. The first-order valence-electron chi connectivity index (χ1n) is 20.6. The van der Waals surface area contributed by atoms with Crippen LogP contribution in [0.15, 0.2) is 36.4 Å². The Morgan fingerprint density at radius 1 is 0.850 bits per heavy atom. The molecule has 4 heterocycles. The Balaban J connectivity index is 1.31. The van der Waals surface area contributed by atoms with Crippen LogP contribution in [0.2, 0.25) is 0 Å².